The van der Waals surface area contributed by atoms with Crippen LogP contribution in [0.5, 0.6) is 11.5 Å². The Morgan fingerprint density at radius 2 is 2.16 bits per heavy atom. The zero-order chi connectivity index (χ0) is 13.5. The highest BCUT2D eigenvalue weighted by molar-refractivity contribution is 9.11. The van der Waals surface area contributed by atoms with Crippen LogP contribution in [-0.2, 0) is 13.0 Å². The Hall–Kier alpha value is -1.00. The van der Waals surface area contributed by atoms with Crippen LogP contribution in [0.25, 0.3) is 0 Å². The minimum absolute atomic E-state index is 0.131. The zero-order valence-electron chi connectivity index (χ0n) is 10.9. The first-order valence-corrected chi connectivity index (χ1v) is 7.82. The van der Waals surface area contributed by atoms with Crippen molar-refractivity contribution in [2.75, 3.05) is 0 Å². The van der Waals surface area contributed by atoms with Gasteiger partial charge in [-0.25, -0.2) is 0 Å². The number of ether oxygens (including phenoxy) is 2. The average Bonchev–Trinajstić information content (AvgIpc) is 2.88. The van der Waals surface area contributed by atoms with E-state index in [1.165, 1.54) is 10.4 Å². The Labute approximate surface area is 125 Å². The van der Waals surface area contributed by atoms with Gasteiger partial charge in [0, 0.05) is 16.9 Å². The molecular formula is C15H15BrO2S. The minimum Gasteiger partial charge on any atom is -0.484 e. The van der Waals surface area contributed by atoms with Crippen molar-refractivity contribution in [1.82, 2.24) is 0 Å². The molecule has 0 atom stereocenters. The fourth-order valence-electron chi connectivity index (χ4n) is 2.28. The lowest BCUT2D eigenvalue weighted by Gasteiger charge is -2.18. The molecule has 0 saturated carbocycles. The summed E-state index contributed by atoms with van der Waals surface area (Å²) in [5.41, 5.74) is 1.10. The molecule has 0 radical (unpaired) electrons. The predicted molar refractivity (Wildman–Crippen MR) is 81.2 cm³/mol. The summed E-state index contributed by atoms with van der Waals surface area (Å²) in [6.45, 7) is 4.79. The molecule has 0 fully saturated rings. The largest absolute Gasteiger partial charge is 0.484 e. The molecule has 2 heterocycles. The molecule has 19 heavy (non-hydrogen) atoms. The van der Waals surface area contributed by atoms with E-state index in [4.69, 9.17) is 9.47 Å². The Balaban J connectivity index is 1.78. The van der Waals surface area contributed by atoms with Gasteiger partial charge in [-0.2, -0.15) is 0 Å². The topological polar surface area (TPSA) is 18.5 Å². The van der Waals surface area contributed by atoms with E-state index in [2.05, 4.69) is 41.9 Å². The van der Waals surface area contributed by atoms with Crippen LogP contribution in [0.3, 0.4) is 0 Å². The molecule has 4 heteroatoms. The third-order valence-corrected chi connectivity index (χ3v) is 4.65. The van der Waals surface area contributed by atoms with Gasteiger partial charge in [0.05, 0.1) is 3.79 Å². The van der Waals surface area contributed by atoms with Crippen LogP contribution in [0, 0.1) is 0 Å². The van der Waals surface area contributed by atoms with Crippen molar-refractivity contribution in [2.45, 2.75) is 32.5 Å². The predicted octanol–water partition coefficient (Wildman–Crippen LogP) is 4.80. The van der Waals surface area contributed by atoms with Gasteiger partial charge in [0.25, 0.3) is 0 Å². The molecule has 2 nitrogen and oxygen atoms in total. The van der Waals surface area contributed by atoms with Crippen molar-refractivity contribution in [1.29, 1.82) is 0 Å². The first-order valence-electron chi connectivity index (χ1n) is 6.21. The van der Waals surface area contributed by atoms with Crippen LogP contribution >= 0.6 is 27.3 Å². The normalized spacial score (nSPS) is 15.9. The quantitative estimate of drug-likeness (QED) is 0.799. The summed E-state index contributed by atoms with van der Waals surface area (Å²) in [7, 11) is 0. The number of benzene rings is 1. The van der Waals surface area contributed by atoms with Gasteiger partial charge in [0.2, 0.25) is 0 Å². The standard InChI is InChI=1S/C15H15BrO2S/c1-15(2)8-10-4-3-5-12(14(10)18-15)17-9-11-6-7-13(16)19-11/h3-7H,8-9H2,1-2H3. The third kappa shape index (κ3) is 2.79. The lowest BCUT2D eigenvalue weighted by atomic mass is 10.0. The number of fused-ring (bicyclic) bond motifs is 1. The molecule has 0 N–H and O–H groups in total. The molecule has 1 aromatic carbocycles. The maximum absolute atomic E-state index is 5.99. The van der Waals surface area contributed by atoms with E-state index in [9.17, 15) is 0 Å². The van der Waals surface area contributed by atoms with Gasteiger partial charge < -0.3 is 9.47 Å². The van der Waals surface area contributed by atoms with Gasteiger partial charge in [0.15, 0.2) is 11.5 Å². The highest BCUT2D eigenvalue weighted by Crippen LogP contribution is 2.42. The SMILES string of the molecule is CC1(C)Cc2cccc(OCc3ccc(Br)s3)c2O1. The molecule has 0 saturated heterocycles. The van der Waals surface area contributed by atoms with Crippen LogP contribution in [0.15, 0.2) is 34.1 Å². The van der Waals surface area contributed by atoms with Gasteiger partial charge in [-0.1, -0.05) is 12.1 Å². The number of hydrogen-bond acceptors (Lipinski definition) is 3. The first kappa shape index (κ1) is 13.0. The Morgan fingerprint density at radius 1 is 1.32 bits per heavy atom. The number of para-hydroxylation sites is 1. The number of rotatable bonds is 3. The lowest BCUT2D eigenvalue weighted by molar-refractivity contribution is 0.131. The Kier molecular flexibility index (Phi) is 3.31. The highest BCUT2D eigenvalue weighted by Gasteiger charge is 2.32. The van der Waals surface area contributed by atoms with Crippen LogP contribution in [0.2, 0.25) is 0 Å². The molecule has 3 rings (SSSR count). The molecule has 2 aromatic rings. The second-order valence-corrected chi connectivity index (χ2v) is 7.82. The average molecular weight is 339 g/mol. The van der Waals surface area contributed by atoms with E-state index in [-0.39, 0.29) is 5.60 Å². The van der Waals surface area contributed by atoms with E-state index in [1.54, 1.807) is 11.3 Å². The first-order chi connectivity index (χ1) is 9.03. The van der Waals surface area contributed by atoms with Crippen molar-refractivity contribution in [3.63, 3.8) is 0 Å². The van der Waals surface area contributed by atoms with Gasteiger partial charge in [0.1, 0.15) is 12.2 Å². The maximum Gasteiger partial charge on any atom is 0.165 e. The fraction of sp³-hybridized carbons (Fsp3) is 0.333. The molecule has 0 aliphatic carbocycles. The lowest BCUT2D eigenvalue weighted by Crippen LogP contribution is -2.24. The molecule has 1 aliphatic heterocycles. The van der Waals surface area contributed by atoms with Gasteiger partial charge in [-0.05, 0) is 48.0 Å². The molecule has 100 valence electrons. The molecule has 0 amide bonds. The van der Waals surface area contributed by atoms with Crippen molar-refractivity contribution in [2.24, 2.45) is 0 Å². The van der Waals surface area contributed by atoms with Crippen LogP contribution in [0.4, 0.5) is 0 Å². The number of hydrogen-bond donors (Lipinski definition) is 0. The molecule has 1 aliphatic rings. The van der Waals surface area contributed by atoms with Crippen molar-refractivity contribution < 1.29 is 9.47 Å². The van der Waals surface area contributed by atoms with Crippen LogP contribution in [0.1, 0.15) is 24.3 Å². The molecule has 0 spiro atoms. The third-order valence-electron chi connectivity index (χ3n) is 3.05. The van der Waals surface area contributed by atoms with Gasteiger partial charge in [-0.3, -0.25) is 0 Å². The zero-order valence-corrected chi connectivity index (χ0v) is 13.3. The van der Waals surface area contributed by atoms with Gasteiger partial charge in [-0.15, -0.1) is 11.3 Å². The Bertz CT molecular complexity index is 604. The minimum atomic E-state index is -0.131. The van der Waals surface area contributed by atoms with E-state index < -0.39 is 0 Å². The summed E-state index contributed by atoms with van der Waals surface area (Å²) in [5.74, 6) is 1.75. The summed E-state index contributed by atoms with van der Waals surface area (Å²) < 4.78 is 13.0. The summed E-state index contributed by atoms with van der Waals surface area (Å²) in [6.07, 6.45) is 0.935. The molecule has 0 bridgehead atoms. The summed E-state index contributed by atoms with van der Waals surface area (Å²) in [5, 5.41) is 0. The summed E-state index contributed by atoms with van der Waals surface area (Å²) in [6, 6.07) is 10.2. The highest BCUT2D eigenvalue weighted by atomic mass is 79.9. The fourth-order valence-corrected chi connectivity index (χ4v) is 3.68. The van der Waals surface area contributed by atoms with Crippen molar-refractivity contribution in [3.8, 4) is 11.5 Å². The van der Waals surface area contributed by atoms with E-state index in [0.717, 1.165) is 21.7 Å². The van der Waals surface area contributed by atoms with E-state index >= 15 is 0 Å². The number of thiophene rings is 1. The second kappa shape index (κ2) is 4.84. The molecule has 0 unspecified atom stereocenters. The summed E-state index contributed by atoms with van der Waals surface area (Å²) >= 11 is 5.15. The molecule has 1 aromatic heterocycles. The second-order valence-electron chi connectivity index (χ2n) is 5.28. The van der Waals surface area contributed by atoms with Crippen LogP contribution < -0.4 is 9.47 Å². The summed E-state index contributed by atoms with van der Waals surface area (Å²) in [4.78, 5) is 1.20. The van der Waals surface area contributed by atoms with Crippen LogP contribution in [-0.4, -0.2) is 5.60 Å². The van der Waals surface area contributed by atoms with E-state index in [1.807, 2.05) is 18.2 Å². The Morgan fingerprint density at radius 3 is 2.89 bits per heavy atom. The smallest absolute Gasteiger partial charge is 0.165 e. The monoisotopic (exact) mass is 338 g/mol. The van der Waals surface area contributed by atoms with Crippen molar-refractivity contribution in [3.05, 3.63) is 44.6 Å². The number of halogens is 1. The van der Waals surface area contributed by atoms with Crippen molar-refractivity contribution >= 4 is 27.3 Å². The molecular weight excluding hydrogens is 324 g/mol. The van der Waals surface area contributed by atoms with E-state index in [0.29, 0.717) is 6.61 Å². The maximum atomic E-state index is 5.99. The van der Waals surface area contributed by atoms with Gasteiger partial charge >= 0.3 is 0 Å².